The largest absolute Gasteiger partial charge is 0.350 e. The number of benzene rings is 1. The van der Waals surface area contributed by atoms with Crippen LogP contribution in [0.15, 0.2) is 24.3 Å². The number of hydrogen-bond donors (Lipinski definition) is 1. The van der Waals surface area contributed by atoms with Crippen LogP contribution in [0.3, 0.4) is 0 Å². The Kier molecular flexibility index (Phi) is 7.35. The summed E-state index contributed by atoms with van der Waals surface area (Å²) in [6, 6.07) is 6.08. The smallest absolute Gasteiger partial charge is 0.236 e. The second kappa shape index (κ2) is 8.78. The predicted molar refractivity (Wildman–Crippen MR) is 92.9 cm³/mol. The van der Waals surface area contributed by atoms with Gasteiger partial charge in [-0.3, -0.25) is 14.5 Å². The maximum Gasteiger partial charge on any atom is 0.236 e. The highest BCUT2D eigenvalue weighted by Gasteiger charge is 2.19. The van der Waals surface area contributed by atoms with Crippen molar-refractivity contribution in [2.75, 3.05) is 26.7 Å². The van der Waals surface area contributed by atoms with E-state index in [0.717, 1.165) is 5.56 Å². The molecule has 0 fully saturated rings. The van der Waals surface area contributed by atoms with Gasteiger partial charge in [0.25, 0.3) is 0 Å². The van der Waals surface area contributed by atoms with Gasteiger partial charge in [-0.15, -0.1) is 0 Å². The fourth-order valence-electron chi connectivity index (χ4n) is 2.20. The van der Waals surface area contributed by atoms with Gasteiger partial charge in [0, 0.05) is 19.1 Å². The Bertz CT molecular complexity index is 552. The van der Waals surface area contributed by atoms with E-state index in [1.807, 2.05) is 27.7 Å². The molecule has 24 heavy (non-hydrogen) atoms. The summed E-state index contributed by atoms with van der Waals surface area (Å²) in [5, 5.41) is 2.89. The first-order chi connectivity index (χ1) is 11.1. The molecule has 6 heteroatoms. The number of carbonyl (C=O) groups is 2. The van der Waals surface area contributed by atoms with Gasteiger partial charge in [0.05, 0.1) is 13.1 Å². The maximum absolute atomic E-state index is 12.9. The van der Waals surface area contributed by atoms with E-state index in [4.69, 9.17) is 0 Å². The van der Waals surface area contributed by atoms with Crippen LogP contribution in [0.25, 0.3) is 0 Å². The lowest BCUT2D eigenvalue weighted by Crippen LogP contribution is -2.48. The lowest BCUT2D eigenvalue weighted by Gasteiger charge is -2.26. The van der Waals surface area contributed by atoms with Gasteiger partial charge in [-0.2, -0.15) is 0 Å². The molecular formula is C18H28FN3O2. The second-order valence-electron chi connectivity index (χ2n) is 6.98. The first kappa shape index (κ1) is 20.1. The van der Waals surface area contributed by atoms with Crippen molar-refractivity contribution in [2.24, 2.45) is 0 Å². The molecule has 1 aromatic carbocycles. The highest BCUT2D eigenvalue weighted by atomic mass is 19.1. The minimum Gasteiger partial charge on any atom is -0.350 e. The maximum atomic E-state index is 12.9. The average Bonchev–Trinajstić information content (AvgIpc) is 2.46. The first-order valence-corrected chi connectivity index (χ1v) is 8.12. The summed E-state index contributed by atoms with van der Waals surface area (Å²) in [5.41, 5.74) is 0.570. The van der Waals surface area contributed by atoms with E-state index >= 15 is 0 Å². The van der Waals surface area contributed by atoms with Crippen LogP contribution < -0.4 is 5.32 Å². The molecule has 1 rings (SSSR count). The molecule has 0 aromatic heterocycles. The van der Waals surface area contributed by atoms with Crippen molar-refractivity contribution in [1.29, 1.82) is 0 Å². The van der Waals surface area contributed by atoms with Crippen molar-refractivity contribution in [3.8, 4) is 0 Å². The van der Waals surface area contributed by atoms with Crippen LogP contribution in [-0.2, 0) is 16.1 Å². The number of likely N-dealkylation sites (N-methyl/N-ethyl adjacent to an activating group) is 2. The number of rotatable bonds is 7. The Balaban J connectivity index is 2.53. The molecule has 0 aliphatic carbocycles. The second-order valence-corrected chi connectivity index (χ2v) is 6.98. The van der Waals surface area contributed by atoms with Crippen LogP contribution in [0.2, 0.25) is 0 Å². The number of halogens is 1. The van der Waals surface area contributed by atoms with Crippen LogP contribution in [0.5, 0.6) is 0 Å². The van der Waals surface area contributed by atoms with Crippen molar-refractivity contribution in [3.05, 3.63) is 35.6 Å². The normalized spacial score (nSPS) is 11.5. The molecule has 2 amide bonds. The molecule has 0 heterocycles. The Hall–Kier alpha value is -1.95. The standard InChI is InChI=1S/C18H28FN3O2/c1-6-22(12-16(23)20-18(2,3)4)13-17(24)21(5)11-14-7-9-15(19)10-8-14/h7-10H,6,11-13H2,1-5H3,(H,20,23). The quantitative estimate of drug-likeness (QED) is 0.828. The molecule has 0 bridgehead atoms. The summed E-state index contributed by atoms with van der Waals surface area (Å²) in [6.07, 6.45) is 0. The van der Waals surface area contributed by atoms with E-state index in [-0.39, 0.29) is 36.3 Å². The summed E-state index contributed by atoms with van der Waals surface area (Å²) in [5.74, 6) is -0.474. The topological polar surface area (TPSA) is 52.7 Å². The molecule has 0 saturated heterocycles. The van der Waals surface area contributed by atoms with E-state index in [9.17, 15) is 14.0 Å². The van der Waals surface area contributed by atoms with E-state index < -0.39 is 0 Å². The number of nitrogens with one attached hydrogen (secondary N) is 1. The fourth-order valence-corrected chi connectivity index (χ4v) is 2.20. The monoisotopic (exact) mass is 337 g/mol. The molecule has 0 saturated carbocycles. The average molecular weight is 337 g/mol. The Labute approximate surface area is 143 Å². The zero-order valence-corrected chi connectivity index (χ0v) is 15.2. The highest BCUT2D eigenvalue weighted by molar-refractivity contribution is 5.81. The van der Waals surface area contributed by atoms with Crippen molar-refractivity contribution in [2.45, 2.75) is 39.8 Å². The molecule has 0 spiro atoms. The molecule has 1 aromatic rings. The van der Waals surface area contributed by atoms with Gasteiger partial charge in [-0.1, -0.05) is 19.1 Å². The summed E-state index contributed by atoms with van der Waals surface area (Å²) >= 11 is 0. The van der Waals surface area contributed by atoms with Crippen LogP contribution in [0.1, 0.15) is 33.3 Å². The van der Waals surface area contributed by atoms with Crippen LogP contribution in [-0.4, -0.2) is 53.8 Å². The van der Waals surface area contributed by atoms with Gasteiger partial charge in [0.2, 0.25) is 11.8 Å². The molecule has 0 aliphatic heterocycles. The molecule has 0 unspecified atom stereocenters. The predicted octanol–water partition coefficient (Wildman–Crippen LogP) is 2.02. The summed E-state index contributed by atoms with van der Waals surface area (Å²) in [4.78, 5) is 27.7. The zero-order valence-electron chi connectivity index (χ0n) is 15.2. The molecule has 0 radical (unpaired) electrons. The number of carbonyl (C=O) groups excluding carboxylic acids is 2. The van der Waals surface area contributed by atoms with E-state index in [0.29, 0.717) is 13.1 Å². The highest BCUT2D eigenvalue weighted by Crippen LogP contribution is 2.06. The van der Waals surface area contributed by atoms with Crippen molar-refractivity contribution >= 4 is 11.8 Å². The molecule has 5 nitrogen and oxygen atoms in total. The number of amides is 2. The van der Waals surface area contributed by atoms with Gasteiger partial charge >= 0.3 is 0 Å². The van der Waals surface area contributed by atoms with E-state index in [2.05, 4.69) is 5.32 Å². The molecule has 0 atom stereocenters. The van der Waals surface area contributed by atoms with Crippen LogP contribution in [0, 0.1) is 5.82 Å². The van der Waals surface area contributed by atoms with E-state index in [1.165, 1.54) is 12.1 Å². The minimum atomic E-state index is -0.297. The van der Waals surface area contributed by atoms with Gasteiger partial charge in [0.1, 0.15) is 5.82 Å². The third-order valence-electron chi connectivity index (χ3n) is 3.45. The number of hydrogen-bond acceptors (Lipinski definition) is 3. The lowest BCUT2D eigenvalue weighted by molar-refractivity contribution is -0.132. The third kappa shape index (κ3) is 7.55. The summed E-state index contributed by atoms with van der Waals surface area (Å²) < 4.78 is 12.9. The van der Waals surface area contributed by atoms with Crippen LogP contribution in [0.4, 0.5) is 4.39 Å². The lowest BCUT2D eigenvalue weighted by atomic mass is 10.1. The van der Waals surface area contributed by atoms with E-state index in [1.54, 1.807) is 29.0 Å². The molecule has 1 N–H and O–H groups in total. The minimum absolute atomic E-state index is 0.0790. The van der Waals surface area contributed by atoms with Crippen LogP contribution >= 0.6 is 0 Å². The third-order valence-corrected chi connectivity index (χ3v) is 3.45. The van der Waals surface area contributed by atoms with Crippen molar-refractivity contribution in [1.82, 2.24) is 15.1 Å². The first-order valence-electron chi connectivity index (χ1n) is 8.12. The number of nitrogens with zero attached hydrogens (tertiary/aromatic N) is 2. The van der Waals surface area contributed by atoms with Crippen molar-refractivity contribution < 1.29 is 14.0 Å². The zero-order chi connectivity index (χ0) is 18.3. The van der Waals surface area contributed by atoms with Gasteiger partial charge in [-0.25, -0.2) is 4.39 Å². The van der Waals surface area contributed by atoms with Gasteiger partial charge in [-0.05, 0) is 45.0 Å². The Morgan fingerprint density at radius 3 is 2.21 bits per heavy atom. The van der Waals surface area contributed by atoms with Gasteiger partial charge in [0.15, 0.2) is 0 Å². The Morgan fingerprint density at radius 2 is 1.71 bits per heavy atom. The molecule has 134 valence electrons. The molecular weight excluding hydrogens is 309 g/mol. The fraction of sp³-hybridized carbons (Fsp3) is 0.556. The van der Waals surface area contributed by atoms with Crippen molar-refractivity contribution in [3.63, 3.8) is 0 Å². The summed E-state index contributed by atoms with van der Waals surface area (Å²) in [7, 11) is 1.70. The summed E-state index contributed by atoms with van der Waals surface area (Å²) in [6.45, 7) is 9.04. The Morgan fingerprint density at radius 1 is 1.12 bits per heavy atom. The van der Waals surface area contributed by atoms with Gasteiger partial charge < -0.3 is 10.2 Å². The molecule has 0 aliphatic rings. The SMILES string of the molecule is CCN(CC(=O)NC(C)(C)C)CC(=O)N(C)Cc1ccc(F)cc1.